The number of nitrogen functional groups attached to an aromatic ring is 1. The maximum atomic E-state index is 5.87. The van der Waals surface area contributed by atoms with Gasteiger partial charge in [-0.05, 0) is 18.1 Å². The van der Waals surface area contributed by atoms with Crippen LogP contribution in [0.5, 0.6) is 0 Å². The van der Waals surface area contributed by atoms with Crippen molar-refractivity contribution in [3.05, 3.63) is 36.0 Å². The lowest BCUT2D eigenvalue weighted by molar-refractivity contribution is 0.771. The van der Waals surface area contributed by atoms with E-state index < -0.39 is 0 Å². The number of nitrogens with zero attached hydrogens (tertiary/aromatic N) is 2. The lowest BCUT2D eigenvalue weighted by Gasteiger charge is -2.09. The van der Waals surface area contributed by atoms with Crippen molar-refractivity contribution in [1.29, 1.82) is 0 Å². The number of nitrogens with two attached hydrogens (primary N) is 1. The van der Waals surface area contributed by atoms with Crippen molar-refractivity contribution in [3.63, 3.8) is 0 Å². The van der Waals surface area contributed by atoms with Crippen LogP contribution in [-0.2, 0) is 13.5 Å². The largest absolute Gasteiger partial charge is 0.394 e. The molecule has 0 spiro atoms. The van der Waals surface area contributed by atoms with Gasteiger partial charge in [-0.25, -0.2) is 0 Å². The molecule has 1 heterocycles. The normalized spacial score (nSPS) is 10.5. The maximum absolute atomic E-state index is 5.87. The Balaban J connectivity index is 2.26. The van der Waals surface area contributed by atoms with Gasteiger partial charge in [0.1, 0.15) is 0 Å². The SMILES string of the molecule is CCCc1ccccc1Nc1nn(C)cc1N. The molecule has 0 bridgehead atoms. The number of aromatic nitrogens is 2. The molecule has 1 aromatic carbocycles. The third kappa shape index (κ3) is 2.58. The van der Waals surface area contributed by atoms with Gasteiger partial charge in [-0.2, -0.15) is 5.10 Å². The zero-order valence-corrected chi connectivity index (χ0v) is 10.3. The number of benzene rings is 1. The van der Waals surface area contributed by atoms with E-state index in [4.69, 9.17) is 5.73 Å². The summed E-state index contributed by atoms with van der Waals surface area (Å²) in [6, 6.07) is 8.25. The van der Waals surface area contributed by atoms with Gasteiger partial charge in [-0.15, -0.1) is 0 Å². The van der Waals surface area contributed by atoms with Crippen molar-refractivity contribution in [2.45, 2.75) is 19.8 Å². The van der Waals surface area contributed by atoms with Gasteiger partial charge in [0.2, 0.25) is 0 Å². The zero-order chi connectivity index (χ0) is 12.3. The lowest BCUT2D eigenvalue weighted by atomic mass is 10.1. The first kappa shape index (κ1) is 11.5. The van der Waals surface area contributed by atoms with E-state index in [0.29, 0.717) is 5.69 Å². The minimum atomic E-state index is 0.666. The van der Waals surface area contributed by atoms with E-state index in [-0.39, 0.29) is 0 Å². The molecule has 0 unspecified atom stereocenters. The molecule has 0 aliphatic rings. The summed E-state index contributed by atoms with van der Waals surface area (Å²) in [6.07, 6.45) is 3.97. The fourth-order valence-electron chi connectivity index (χ4n) is 1.86. The Hall–Kier alpha value is -1.97. The highest BCUT2D eigenvalue weighted by molar-refractivity contribution is 5.69. The molecule has 4 nitrogen and oxygen atoms in total. The minimum Gasteiger partial charge on any atom is -0.394 e. The number of anilines is 3. The summed E-state index contributed by atoms with van der Waals surface area (Å²) >= 11 is 0. The van der Waals surface area contributed by atoms with Gasteiger partial charge in [-0.1, -0.05) is 31.5 Å². The van der Waals surface area contributed by atoms with Crippen molar-refractivity contribution >= 4 is 17.2 Å². The Kier molecular flexibility index (Phi) is 3.32. The van der Waals surface area contributed by atoms with Crippen molar-refractivity contribution in [3.8, 4) is 0 Å². The van der Waals surface area contributed by atoms with E-state index in [9.17, 15) is 0 Å². The van der Waals surface area contributed by atoms with Crippen LogP contribution in [-0.4, -0.2) is 9.78 Å². The van der Waals surface area contributed by atoms with E-state index in [1.807, 2.05) is 13.1 Å². The summed E-state index contributed by atoms with van der Waals surface area (Å²) in [6.45, 7) is 2.17. The van der Waals surface area contributed by atoms with Gasteiger partial charge in [0, 0.05) is 18.9 Å². The summed E-state index contributed by atoms with van der Waals surface area (Å²) < 4.78 is 1.71. The monoisotopic (exact) mass is 230 g/mol. The molecule has 1 aromatic heterocycles. The summed E-state index contributed by atoms with van der Waals surface area (Å²) in [5.41, 5.74) is 8.91. The number of hydrogen-bond donors (Lipinski definition) is 2. The second kappa shape index (κ2) is 4.91. The fourth-order valence-corrected chi connectivity index (χ4v) is 1.86. The molecule has 0 saturated carbocycles. The van der Waals surface area contributed by atoms with Gasteiger partial charge >= 0.3 is 0 Å². The molecule has 0 radical (unpaired) electrons. The molecular weight excluding hydrogens is 212 g/mol. The van der Waals surface area contributed by atoms with Gasteiger partial charge in [0.05, 0.1) is 5.69 Å². The first-order valence-electron chi connectivity index (χ1n) is 5.84. The number of hydrogen-bond acceptors (Lipinski definition) is 3. The molecule has 0 aliphatic carbocycles. The van der Waals surface area contributed by atoms with Crippen molar-refractivity contribution < 1.29 is 0 Å². The minimum absolute atomic E-state index is 0.666. The molecule has 0 aliphatic heterocycles. The molecule has 2 aromatic rings. The van der Waals surface area contributed by atoms with E-state index in [2.05, 4.69) is 35.5 Å². The van der Waals surface area contributed by atoms with Gasteiger partial charge in [-0.3, -0.25) is 4.68 Å². The van der Waals surface area contributed by atoms with Crippen LogP contribution in [0.3, 0.4) is 0 Å². The third-order valence-corrected chi connectivity index (χ3v) is 2.65. The van der Waals surface area contributed by atoms with Crippen LogP contribution in [0.1, 0.15) is 18.9 Å². The fraction of sp³-hybridized carbons (Fsp3) is 0.308. The molecule has 0 fully saturated rings. The Morgan fingerprint density at radius 1 is 1.35 bits per heavy atom. The van der Waals surface area contributed by atoms with Crippen LogP contribution in [0.4, 0.5) is 17.2 Å². The zero-order valence-electron chi connectivity index (χ0n) is 10.3. The molecule has 0 atom stereocenters. The number of aryl methyl sites for hydroxylation is 2. The second-order valence-corrected chi connectivity index (χ2v) is 4.14. The van der Waals surface area contributed by atoms with Crippen LogP contribution in [0.2, 0.25) is 0 Å². The van der Waals surface area contributed by atoms with Crippen LogP contribution in [0.15, 0.2) is 30.5 Å². The van der Waals surface area contributed by atoms with Crippen LogP contribution < -0.4 is 11.1 Å². The molecule has 3 N–H and O–H groups in total. The van der Waals surface area contributed by atoms with E-state index >= 15 is 0 Å². The second-order valence-electron chi connectivity index (χ2n) is 4.14. The van der Waals surface area contributed by atoms with E-state index in [0.717, 1.165) is 24.3 Å². The molecular formula is C13H18N4. The summed E-state index contributed by atoms with van der Waals surface area (Å²) in [5, 5.41) is 7.58. The van der Waals surface area contributed by atoms with E-state index in [1.54, 1.807) is 10.9 Å². The smallest absolute Gasteiger partial charge is 0.175 e. The van der Waals surface area contributed by atoms with Crippen molar-refractivity contribution in [1.82, 2.24) is 9.78 Å². The van der Waals surface area contributed by atoms with Gasteiger partial charge in [0.25, 0.3) is 0 Å². The van der Waals surface area contributed by atoms with Crippen LogP contribution in [0.25, 0.3) is 0 Å². The average Bonchev–Trinajstić information content (AvgIpc) is 2.61. The molecule has 4 heteroatoms. The first-order valence-corrected chi connectivity index (χ1v) is 5.84. The Morgan fingerprint density at radius 2 is 2.12 bits per heavy atom. The third-order valence-electron chi connectivity index (χ3n) is 2.65. The Morgan fingerprint density at radius 3 is 2.76 bits per heavy atom. The van der Waals surface area contributed by atoms with Crippen molar-refractivity contribution in [2.24, 2.45) is 7.05 Å². The highest BCUT2D eigenvalue weighted by Gasteiger charge is 2.06. The topological polar surface area (TPSA) is 55.9 Å². The molecule has 2 rings (SSSR count). The molecule has 0 saturated heterocycles. The number of rotatable bonds is 4. The predicted octanol–water partition coefficient (Wildman–Crippen LogP) is 2.70. The van der Waals surface area contributed by atoms with Gasteiger partial charge in [0.15, 0.2) is 5.82 Å². The average molecular weight is 230 g/mol. The predicted molar refractivity (Wildman–Crippen MR) is 71.3 cm³/mol. The van der Waals surface area contributed by atoms with Crippen LogP contribution in [0, 0.1) is 0 Å². The standard InChI is InChI=1S/C13H18N4/c1-3-6-10-7-4-5-8-12(10)15-13-11(14)9-17(2)16-13/h4-5,7-9H,3,6,14H2,1-2H3,(H,15,16). The quantitative estimate of drug-likeness (QED) is 0.849. The molecule has 0 amide bonds. The number of nitrogens with one attached hydrogen (secondary N) is 1. The molecule has 90 valence electrons. The number of para-hydroxylation sites is 1. The molecule has 17 heavy (non-hydrogen) atoms. The first-order chi connectivity index (χ1) is 8.20. The van der Waals surface area contributed by atoms with E-state index in [1.165, 1.54) is 5.56 Å². The summed E-state index contributed by atoms with van der Waals surface area (Å²) in [5.74, 6) is 0.719. The highest BCUT2D eigenvalue weighted by atomic mass is 15.3. The van der Waals surface area contributed by atoms with Crippen LogP contribution >= 0.6 is 0 Å². The highest BCUT2D eigenvalue weighted by Crippen LogP contribution is 2.24. The summed E-state index contributed by atoms with van der Waals surface area (Å²) in [4.78, 5) is 0. The maximum Gasteiger partial charge on any atom is 0.175 e. The summed E-state index contributed by atoms with van der Waals surface area (Å²) in [7, 11) is 1.86. The lowest BCUT2D eigenvalue weighted by Crippen LogP contribution is -1.99. The van der Waals surface area contributed by atoms with Crippen molar-refractivity contribution in [2.75, 3.05) is 11.1 Å². The Bertz CT molecular complexity index is 502. The van der Waals surface area contributed by atoms with Gasteiger partial charge < -0.3 is 11.1 Å². The Labute approximate surface area is 101 Å².